The minimum atomic E-state index is -1.02. The molecule has 108 valence electrons. The van der Waals surface area contributed by atoms with E-state index >= 15 is 0 Å². The summed E-state index contributed by atoms with van der Waals surface area (Å²) in [4.78, 5) is 26.9. The van der Waals surface area contributed by atoms with Crippen LogP contribution in [-0.2, 0) is 0 Å². The van der Waals surface area contributed by atoms with Gasteiger partial charge in [0.2, 0.25) is 0 Å². The third kappa shape index (κ3) is 3.59. The SMILES string of the molecule is Cc1cc(C(=O)O)ccc1NC(=O)c1cc(Br)cnc1Cl. The standard InChI is InChI=1S/C14H10BrClN2O3/c1-7-4-8(14(20)21)2-3-11(7)18-13(19)10-5-9(15)6-17-12(10)16/h2-6H,1H3,(H,18,19)(H,20,21). The Balaban J connectivity index is 2.27. The van der Waals surface area contributed by atoms with Crippen molar-refractivity contribution < 1.29 is 14.7 Å². The van der Waals surface area contributed by atoms with Crippen LogP contribution < -0.4 is 5.32 Å². The molecule has 0 aliphatic rings. The van der Waals surface area contributed by atoms with E-state index in [0.717, 1.165) is 0 Å². The second-order valence-corrected chi connectivity index (χ2v) is 5.55. The number of aromatic nitrogens is 1. The van der Waals surface area contributed by atoms with Crippen LogP contribution in [0.2, 0.25) is 5.15 Å². The Morgan fingerprint density at radius 3 is 2.67 bits per heavy atom. The van der Waals surface area contributed by atoms with Gasteiger partial charge in [-0.15, -0.1) is 0 Å². The van der Waals surface area contributed by atoms with Crippen LogP contribution >= 0.6 is 27.5 Å². The summed E-state index contributed by atoms with van der Waals surface area (Å²) in [5.41, 5.74) is 1.55. The summed E-state index contributed by atoms with van der Waals surface area (Å²) in [6, 6.07) is 6.01. The number of benzene rings is 1. The Hall–Kier alpha value is -1.92. The number of anilines is 1. The van der Waals surface area contributed by atoms with Crippen molar-refractivity contribution in [1.82, 2.24) is 4.98 Å². The van der Waals surface area contributed by atoms with Gasteiger partial charge in [0, 0.05) is 16.4 Å². The van der Waals surface area contributed by atoms with Crippen LogP contribution in [0.25, 0.3) is 0 Å². The van der Waals surface area contributed by atoms with Gasteiger partial charge >= 0.3 is 5.97 Å². The summed E-state index contributed by atoms with van der Waals surface area (Å²) in [6.45, 7) is 1.71. The molecule has 0 unspecified atom stereocenters. The molecule has 1 aromatic carbocycles. The number of carbonyl (C=O) groups excluding carboxylic acids is 1. The number of aromatic carboxylic acids is 1. The topological polar surface area (TPSA) is 79.3 Å². The quantitative estimate of drug-likeness (QED) is 0.808. The van der Waals surface area contributed by atoms with Gasteiger partial charge in [-0.1, -0.05) is 11.6 Å². The first-order chi connectivity index (χ1) is 9.88. The number of rotatable bonds is 3. The third-order valence-electron chi connectivity index (χ3n) is 2.77. The molecule has 0 aliphatic carbocycles. The number of aryl methyl sites for hydroxylation is 1. The highest BCUT2D eigenvalue weighted by atomic mass is 79.9. The molecule has 1 amide bonds. The fraction of sp³-hybridized carbons (Fsp3) is 0.0714. The molecule has 2 N–H and O–H groups in total. The lowest BCUT2D eigenvalue weighted by atomic mass is 10.1. The average molecular weight is 370 g/mol. The number of hydrogen-bond donors (Lipinski definition) is 2. The number of pyridine rings is 1. The summed E-state index contributed by atoms with van der Waals surface area (Å²) in [5, 5.41) is 11.7. The lowest BCUT2D eigenvalue weighted by Crippen LogP contribution is -2.14. The van der Waals surface area contributed by atoms with Gasteiger partial charge in [-0.2, -0.15) is 0 Å². The average Bonchev–Trinajstić information content (AvgIpc) is 2.43. The van der Waals surface area contributed by atoms with Gasteiger partial charge < -0.3 is 10.4 Å². The number of carbonyl (C=O) groups is 2. The van der Waals surface area contributed by atoms with Crippen LogP contribution in [0.1, 0.15) is 26.3 Å². The van der Waals surface area contributed by atoms with Gasteiger partial charge in [0.25, 0.3) is 5.91 Å². The van der Waals surface area contributed by atoms with Crippen molar-refractivity contribution >= 4 is 45.1 Å². The molecule has 21 heavy (non-hydrogen) atoms. The minimum Gasteiger partial charge on any atom is -0.478 e. The first-order valence-corrected chi connectivity index (χ1v) is 7.02. The Morgan fingerprint density at radius 2 is 2.05 bits per heavy atom. The lowest BCUT2D eigenvalue weighted by molar-refractivity contribution is 0.0696. The number of nitrogens with one attached hydrogen (secondary N) is 1. The molecule has 2 rings (SSSR count). The zero-order valence-corrected chi connectivity index (χ0v) is 13.2. The number of carboxylic acids is 1. The van der Waals surface area contributed by atoms with E-state index in [9.17, 15) is 9.59 Å². The van der Waals surface area contributed by atoms with Crippen LogP contribution in [0, 0.1) is 6.92 Å². The summed E-state index contributed by atoms with van der Waals surface area (Å²) in [6.07, 6.45) is 1.49. The number of carboxylic acid groups (broad SMARTS) is 1. The largest absolute Gasteiger partial charge is 0.478 e. The fourth-order valence-corrected chi connectivity index (χ4v) is 2.23. The second-order valence-electron chi connectivity index (χ2n) is 4.28. The van der Waals surface area contributed by atoms with E-state index in [-0.39, 0.29) is 16.3 Å². The van der Waals surface area contributed by atoms with Crippen molar-refractivity contribution in [2.45, 2.75) is 6.92 Å². The van der Waals surface area contributed by atoms with Crippen molar-refractivity contribution in [2.75, 3.05) is 5.32 Å². The van der Waals surface area contributed by atoms with Crippen LogP contribution in [-0.4, -0.2) is 22.0 Å². The van der Waals surface area contributed by atoms with E-state index in [4.69, 9.17) is 16.7 Å². The van der Waals surface area contributed by atoms with E-state index in [1.165, 1.54) is 24.4 Å². The predicted octanol–water partition coefficient (Wildman–Crippen LogP) is 3.76. The van der Waals surface area contributed by atoms with E-state index in [0.29, 0.717) is 15.7 Å². The van der Waals surface area contributed by atoms with Gasteiger partial charge in [0.05, 0.1) is 11.1 Å². The molecule has 0 atom stereocenters. The van der Waals surface area contributed by atoms with Crippen LogP contribution in [0.3, 0.4) is 0 Å². The third-order valence-corrected chi connectivity index (χ3v) is 3.51. The van der Waals surface area contributed by atoms with E-state index in [1.807, 2.05) is 0 Å². The Morgan fingerprint density at radius 1 is 1.33 bits per heavy atom. The lowest BCUT2D eigenvalue weighted by Gasteiger charge is -2.10. The van der Waals surface area contributed by atoms with Crippen molar-refractivity contribution in [2.24, 2.45) is 0 Å². The van der Waals surface area contributed by atoms with Crippen LogP contribution in [0.4, 0.5) is 5.69 Å². The minimum absolute atomic E-state index is 0.0931. The molecule has 5 nitrogen and oxygen atoms in total. The molecule has 1 aromatic heterocycles. The Labute approximate surface area is 134 Å². The molecule has 0 aliphatic heterocycles. The molecular formula is C14H10BrClN2O3. The molecule has 2 aromatic rings. The molecule has 0 radical (unpaired) electrons. The van der Waals surface area contributed by atoms with Gasteiger partial charge in [-0.3, -0.25) is 4.79 Å². The predicted molar refractivity (Wildman–Crippen MR) is 83.0 cm³/mol. The number of amides is 1. The van der Waals surface area contributed by atoms with Crippen LogP contribution in [0.5, 0.6) is 0 Å². The smallest absolute Gasteiger partial charge is 0.335 e. The number of nitrogens with zero attached hydrogens (tertiary/aromatic N) is 1. The summed E-state index contributed by atoms with van der Waals surface area (Å²) in [5.74, 6) is -1.44. The van der Waals surface area contributed by atoms with Gasteiger partial charge in [0.15, 0.2) is 0 Å². The number of hydrogen-bond acceptors (Lipinski definition) is 3. The molecular weight excluding hydrogens is 360 g/mol. The highest BCUT2D eigenvalue weighted by molar-refractivity contribution is 9.10. The maximum absolute atomic E-state index is 12.2. The van der Waals surface area contributed by atoms with Crippen molar-refractivity contribution in [1.29, 1.82) is 0 Å². The van der Waals surface area contributed by atoms with Gasteiger partial charge in [-0.05, 0) is 52.7 Å². The maximum atomic E-state index is 12.2. The van der Waals surface area contributed by atoms with Crippen molar-refractivity contribution in [3.63, 3.8) is 0 Å². The Kier molecular flexibility index (Phi) is 4.59. The first kappa shape index (κ1) is 15.5. The van der Waals surface area contributed by atoms with Crippen molar-refractivity contribution in [3.8, 4) is 0 Å². The molecule has 0 fully saturated rings. The normalized spacial score (nSPS) is 10.2. The van der Waals surface area contributed by atoms with E-state index in [1.54, 1.807) is 13.0 Å². The summed E-state index contributed by atoms with van der Waals surface area (Å²) < 4.78 is 0.634. The van der Waals surface area contributed by atoms with E-state index in [2.05, 4.69) is 26.2 Å². The summed E-state index contributed by atoms with van der Waals surface area (Å²) >= 11 is 9.12. The molecule has 0 spiro atoms. The molecule has 0 saturated carbocycles. The van der Waals surface area contributed by atoms with Gasteiger partial charge in [0.1, 0.15) is 5.15 Å². The fourth-order valence-electron chi connectivity index (χ4n) is 1.71. The zero-order valence-electron chi connectivity index (χ0n) is 10.9. The molecule has 0 bridgehead atoms. The molecule has 7 heteroatoms. The monoisotopic (exact) mass is 368 g/mol. The van der Waals surface area contributed by atoms with Crippen molar-refractivity contribution in [3.05, 3.63) is 56.8 Å². The molecule has 1 heterocycles. The zero-order chi connectivity index (χ0) is 15.6. The van der Waals surface area contributed by atoms with Gasteiger partial charge in [-0.25, -0.2) is 9.78 Å². The highest BCUT2D eigenvalue weighted by Crippen LogP contribution is 2.21. The summed E-state index contributed by atoms with van der Waals surface area (Å²) in [7, 11) is 0. The Bertz CT molecular complexity index is 734. The second kappa shape index (κ2) is 6.24. The molecule has 0 saturated heterocycles. The first-order valence-electron chi connectivity index (χ1n) is 5.85. The van der Waals surface area contributed by atoms with Crippen LogP contribution in [0.15, 0.2) is 34.9 Å². The van der Waals surface area contributed by atoms with E-state index < -0.39 is 11.9 Å². The maximum Gasteiger partial charge on any atom is 0.335 e. The highest BCUT2D eigenvalue weighted by Gasteiger charge is 2.14. The number of halogens is 2.